The molecule has 2 rings (SSSR count). The van der Waals surface area contributed by atoms with Gasteiger partial charge in [-0.2, -0.15) is 0 Å². The highest BCUT2D eigenvalue weighted by Gasteiger charge is 2.33. The molecule has 0 aliphatic carbocycles. The summed E-state index contributed by atoms with van der Waals surface area (Å²) < 4.78 is 6.30. The maximum Gasteiger partial charge on any atom is 0.322 e. The second kappa shape index (κ2) is 23.2. The first kappa shape index (κ1) is 44.6. The fourth-order valence-corrected chi connectivity index (χ4v) is 6.92. The molecule has 0 fully saturated rings. The number of benzene rings is 1. The molecule has 292 valence electrons. The highest BCUT2D eigenvalue weighted by molar-refractivity contribution is 7.09. The Morgan fingerprint density at radius 3 is 2.27 bits per heavy atom. The number of aromatic nitrogens is 1. The third-order valence-corrected chi connectivity index (χ3v) is 10.1. The summed E-state index contributed by atoms with van der Waals surface area (Å²) in [6.45, 7) is 12.4. The summed E-state index contributed by atoms with van der Waals surface area (Å²) in [5.41, 5.74) is 0.547. The standard InChI is InChI=1S/C39H62N4O8S/c1-7-9-11-12-19-43(34(45)14-10-8-2)32(27(3)4)23-33(51-21-13-20-44)37-42-31(26-52-37)36(48)41-30(24-39(5,6)38(49)50)22-28-15-17-29(18-16-28)40-25-35(46)47/h15-18,26-27,30,32-33,40,44H,7-14,19-25H2,1-6H3,(H,41,48)(H,46,47)(H,49,50). The number of hydrogen-bond donors (Lipinski definition) is 5. The maximum absolute atomic E-state index is 13.7. The van der Waals surface area contributed by atoms with Crippen LogP contribution in [0.2, 0.25) is 0 Å². The number of unbranched alkanes of at least 4 members (excludes halogenated alkanes) is 4. The first-order valence-electron chi connectivity index (χ1n) is 18.8. The van der Waals surface area contributed by atoms with Crippen molar-refractivity contribution in [3.05, 3.63) is 45.9 Å². The van der Waals surface area contributed by atoms with E-state index in [1.165, 1.54) is 11.3 Å². The van der Waals surface area contributed by atoms with Crippen molar-refractivity contribution in [2.24, 2.45) is 11.3 Å². The van der Waals surface area contributed by atoms with Gasteiger partial charge in [-0.05, 0) is 69.6 Å². The summed E-state index contributed by atoms with van der Waals surface area (Å²) in [6, 6.07) is 6.47. The number of amides is 2. The van der Waals surface area contributed by atoms with Gasteiger partial charge in [-0.25, -0.2) is 4.98 Å². The van der Waals surface area contributed by atoms with Crippen LogP contribution in [0.5, 0.6) is 0 Å². The van der Waals surface area contributed by atoms with Crippen LogP contribution in [-0.4, -0.2) is 87.3 Å². The summed E-state index contributed by atoms with van der Waals surface area (Å²) in [7, 11) is 0. The molecule has 2 aromatic rings. The van der Waals surface area contributed by atoms with Crippen molar-refractivity contribution in [3.63, 3.8) is 0 Å². The number of ether oxygens (including phenoxy) is 1. The second-order valence-corrected chi connectivity index (χ2v) is 15.4. The van der Waals surface area contributed by atoms with Gasteiger partial charge in [0.25, 0.3) is 5.91 Å². The zero-order chi connectivity index (χ0) is 38.7. The molecule has 0 spiro atoms. The molecular formula is C39H62N4O8S. The van der Waals surface area contributed by atoms with E-state index < -0.39 is 35.4 Å². The number of nitrogens with zero attached hydrogens (tertiary/aromatic N) is 2. The smallest absolute Gasteiger partial charge is 0.322 e. The lowest BCUT2D eigenvalue weighted by Gasteiger charge is -2.37. The van der Waals surface area contributed by atoms with Crippen LogP contribution in [0.1, 0.15) is 133 Å². The van der Waals surface area contributed by atoms with Gasteiger partial charge < -0.3 is 35.6 Å². The lowest BCUT2D eigenvalue weighted by atomic mass is 9.84. The Labute approximate surface area is 313 Å². The van der Waals surface area contributed by atoms with E-state index in [9.17, 15) is 29.4 Å². The molecule has 1 heterocycles. The number of thiazole rings is 1. The van der Waals surface area contributed by atoms with E-state index in [-0.39, 0.29) is 43.1 Å². The van der Waals surface area contributed by atoms with E-state index in [1.54, 1.807) is 31.4 Å². The molecule has 1 aromatic carbocycles. The quantitative estimate of drug-likeness (QED) is 0.0602. The van der Waals surface area contributed by atoms with Crippen molar-refractivity contribution < 1.29 is 39.2 Å². The number of carbonyl (C=O) groups is 4. The number of aliphatic carboxylic acids is 2. The average Bonchev–Trinajstić information content (AvgIpc) is 3.59. The molecule has 0 bridgehead atoms. The summed E-state index contributed by atoms with van der Waals surface area (Å²) in [5.74, 6) is -2.11. The second-order valence-electron chi connectivity index (χ2n) is 14.5. The highest BCUT2D eigenvalue weighted by Crippen LogP contribution is 2.32. The molecule has 13 heteroatoms. The first-order chi connectivity index (χ1) is 24.7. The highest BCUT2D eigenvalue weighted by atomic mass is 32.1. The van der Waals surface area contributed by atoms with Gasteiger partial charge in [0.2, 0.25) is 5.91 Å². The fraction of sp³-hybridized carbons (Fsp3) is 0.667. The Morgan fingerprint density at radius 2 is 1.67 bits per heavy atom. The number of carbonyl (C=O) groups excluding carboxylic acids is 2. The van der Waals surface area contributed by atoms with Gasteiger partial charge in [0, 0.05) is 55.8 Å². The van der Waals surface area contributed by atoms with Gasteiger partial charge >= 0.3 is 11.9 Å². The van der Waals surface area contributed by atoms with Crippen LogP contribution in [0.25, 0.3) is 0 Å². The molecule has 5 N–H and O–H groups in total. The number of carboxylic acid groups (broad SMARTS) is 2. The lowest BCUT2D eigenvalue weighted by molar-refractivity contribution is -0.147. The third-order valence-electron chi connectivity index (χ3n) is 9.14. The number of anilines is 1. The third kappa shape index (κ3) is 15.6. The Morgan fingerprint density at radius 1 is 0.981 bits per heavy atom. The minimum atomic E-state index is -1.12. The van der Waals surface area contributed by atoms with Crippen molar-refractivity contribution in [2.45, 2.75) is 130 Å². The molecule has 3 unspecified atom stereocenters. The van der Waals surface area contributed by atoms with Gasteiger partial charge in [0.15, 0.2) is 0 Å². The molecule has 0 aliphatic rings. The minimum Gasteiger partial charge on any atom is -0.481 e. The van der Waals surface area contributed by atoms with Crippen molar-refractivity contribution >= 4 is 40.8 Å². The van der Waals surface area contributed by atoms with Crippen molar-refractivity contribution in [2.75, 3.05) is 31.6 Å². The van der Waals surface area contributed by atoms with Crippen LogP contribution < -0.4 is 10.6 Å². The average molecular weight is 747 g/mol. The predicted molar refractivity (Wildman–Crippen MR) is 205 cm³/mol. The molecule has 52 heavy (non-hydrogen) atoms. The van der Waals surface area contributed by atoms with Crippen molar-refractivity contribution in [1.82, 2.24) is 15.2 Å². The molecule has 0 aliphatic heterocycles. The van der Waals surface area contributed by atoms with Gasteiger partial charge in [-0.3, -0.25) is 19.2 Å². The number of rotatable bonds is 27. The molecule has 12 nitrogen and oxygen atoms in total. The summed E-state index contributed by atoms with van der Waals surface area (Å²) >= 11 is 1.31. The van der Waals surface area contributed by atoms with Crippen LogP contribution in [0.3, 0.4) is 0 Å². The molecule has 0 radical (unpaired) electrons. The molecule has 1 aromatic heterocycles. The Balaban J connectivity index is 2.34. The maximum atomic E-state index is 13.7. The van der Waals surface area contributed by atoms with Gasteiger partial charge in [-0.1, -0.05) is 65.5 Å². The normalized spacial score (nSPS) is 13.4. The predicted octanol–water partition coefficient (Wildman–Crippen LogP) is 6.94. The van der Waals surface area contributed by atoms with Crippen molar-refractivity contribution in [3.8, 4) is 0 Å². The van der Waals surface area contributed by atoms with Gasteiger partial charge in [-0.15, -0.1) is 11.3 Å². The fourth-order valence-electron chi connectivity index (χ4n) is 6.06. The Kier molecular flexibility index (Phi) is 19.9. The lowest BCUT2D eigenvalue weighted by Crippen LogP contribution is -2.45. The van der Waals surface area contributed by atoms with Crippen molar-refractivity contribution in [1.29, 1.82) is 0 Å². The largest absolute Gasteiger partial charge is 0.481 e. The molecular weight excluding hydrogens is 685 g/mol. The Hall–Kier alpha value is -3.55. The van der Waals surface area contributed by atoms with Crippen LogP contribution in [-0.2, 0) is 25.5 Å². The van der Waals surface area contributed by atoms with Gasteiger partial charge in [0.1, 0.15) is 23.4 Å². The number of nitrogens with one attached hydrogen (secondary N) is 2. The SMILES string of the molecule is CCCCCCN(C(=O)CCCC)C(CC(OCCCO)c1nc(C(=O)NC(Cc2ccc(NCC(=O)O)cc2)CC(C)(C)C(=O)O)cs1)C(C)C. The van der Waals surface area contributed by atoms with E-state index in [0.717, 1.165) is 44.1 Å². The molecule has 0 saturated heterocycles. The zero-order valence-corrected chi connectivity index (χ0v) is 32.8. The van der Waals surface area contributed by atoms with Gasteiger partial charge in [0.05, 0.1) is 5.41 Å². The summed E-state index contributed by atoms with van der Waals surface area (Å²) in [6.07, 6.45) is 7.42. The topological polar surface area (TPSA) is 178 Å². The van der Waals surface area contributed by atoms with Crippen LogP contribution in [0, 0.1) is 11.3 Å². The molecule has 0 saturated carbocycles. The minimum absolute atomic E-state index is 0.0272. The van der Waals surface area contributed by atoms with Crippen LogP contribution >= 0.6 is 11.3 Å². The number of carboxylic acids is 2. The monoisotopic (exact) mass is 746 g/mol. The van der Waals surface area contributed by atoms with Crippen LogP contribution in [0.4, 0.5) is 5.69 Å². The van der Waals surface area contributed by atoms with E-state index >= 15 is 0 Å². The van der Waals surface area contributed by atoms with E-state index in [2.05, 4.69) is 38.3 Å². The molecule has 3 atom stereocenters. The van der Waals surface area contributed by atoms with E-state index in [0.29, 0.717) is 49.5 Å². The number of aliphatic hydroxyl groups is 1. The first-order valence-corrected chi connectivity index (χ1v) is 19.7. The van der Waals surface area contributed by atoms with E-state index in [1.807, 2.05) is 17.0 Å². The van der Waals surface area contributed by atoms with E-state index in [4.69, 9.17) is 14.8 Å². The number of hydrogen-bond acceptors (Lipinski definition) is 9. The summed E-state index contributed by atoms with van der Waals surface area (Å²) in [4.78, 5) is 57.0. The summed E-state index contributed by atoms with van der Waals surface area (Å²) in [5, 5.41) is 36.4. The molecule has 2 amide bonds. The zero-order valence-electron chi connectivity index (χ0n) is 32.0. The Bertz CT molecular complexity index is 1380. The van der Waals surface area contributed by atoms with Crippen LogP contribution in [0.15, 0.2) is 29.6 Å². The number of aliphatic hydroxyl groups excluding tert-OH is 1.